The van der Waals surface area contributed by atoms with Crippen LogP contribution in [0.25, 0.3) is 10.9 Å². The van der Waals surface area contributed by atoms with Crippen molar-refractivity contribution in [3.63, 3.8) is 0 Å². The van der Waals surface area contributed by atoms with E-state index in [0.717, 1.165) is 22.9 Å². The number of fused-ring (bicyclic) bond motifs is 1. The number of terminal acetylenes is 1. The van der Waals surface area contributed by atoms with Crippen LogP contribution in [0, 0.1) is 12.3 Å². The normalized spacial score (nSPS) is 17.5. The third kappa shape index (κ3) is 3.60. The van der Waals surface area contributed by atoms with Crippen molar-refractivity contribution < 1.29 is 14.3 Å². The molecule has 1 aliphatic rings. The minimum Gasteiger partial charge on any atom is -0.443 e. The molecule has 3 rings (SSSR count). The Balaban J connectivity index is 1.86. The lowest BCUT2D eigenvalue weighted by molar-refractivity contribution is -0.128. The van der Waals surface area contributed by atoms with Gasteiger partial charge in [0.25, 0.3) is 0 Å². The summed E-state index contributed by atoms with van der Waals surface area (Å²) in [5.74, 6) is 2.79. The molecule has 0 spiro atoms. The van der Waals surface area contributed by atoms with Gasteiger partial charge in [-0.15, -0.1) is 6.42 Å². The zero-order chi connectivity index (χ0) is 18.9. The predicted octanol–water partition coefficient (Wildman–Crippen LogP) is 3.59. The molecular formula is C21H24N2O3. The topological polar surface area (TPSA) is 51.5 Å². The second kappa shape index (κ2) is 6.87. The van der Waals surface area contributed by atoms with Crippen molar-refractivity contribution in [3.05, 3.63) is 36.0 Å². The second-order valence-electron chi connectivity index (χ2n) is 7.58. The molecule has 2 heterocycles. The smallest absolute Gasteiger partial charge is 0.419 e. The van der Waals surface area contributed by atoms with Gasteiger partial charge >= 0.3 is 6.09 Å². The van der Waals surface area contributed by atoms with Crippen molar-refractivity contribution in [3.8, 4) is 12.3 Å². The van der Waals surface area contributed by atoms with Gasteiger partial charge in [-0.05, 0) is 45.2 Å². The highest BCUT2D eigenvalue weighted by molar-refractivity contribution is 5.92. The lowest BCUT2D eigenvalue weighted by atomic mass is 10.1. The van der Waals surface area contributed by atoms with Gasteiger partial charge < -0.3 is 9.64 Å². The molecule has 0 radical (unpaired) electrons. The van der Waals surface area contributed by atoms with Crippen LogP contribution < -0.4 is 0 Å². The van der Waals surface area contributed by atoms with Gasteiger partial charge in [-0.1, -0.05) is 24.1 Å². The Labute approximate surface area is 153 Å². The van der Waals surface area contributed by atoms with Gasteiger partial charge in [0.2, 0.25) is 5.91 Å². The standard InChI is InChI=1S/C21H24N2O3/c1-5-16-10-11-19(24)22(16)13-12-15-14-23(20(25)26-21(2,3)4)18-9-7-6-8-17(15)18/h1,6-9,14,16H,10-13H2,2-4H3/t16-/m1/s1. The van der Waals surface area contributed by atoms with Crippen molar-refractivity contribution in [2.24, 2.45) is 0 Å². The number of nitrogens with zero attached hydrogens (tertiary/aromatic N) is 2. The largest absolute Gasteiger partial charge is 0.443 e. The van der Waals surface area contributed by atoms with Crippen molar-refractivity contribution in [1.29, 1.82) is 0 Å². The molecule has 0 aliphatic carbocycles. The molecule has 2 aromatic rings. The summed E-state index contributed by atoms with van der Waals surface area (Å²) < 4.78 is 7.05. The van der Waals surface area contributed by atoms with Crippen LogP contribution in [-0.4, -0.2) is 39.7 Å². The van der Waals surface area contributed by atoms with Gasteiger partial charge in [-0.3, -0.25) is 9.36 Å². The van der Waals surface area contributed by atoms with Crippen LogP contribution in [-0.2, 0) is 16.0 Å². The molecule has 0 unspecified atom stereocenters. The number of para-hydroxylation sites is 1. The summed E-state index contributed by atoms with van der Waals surface area (Å²) in [4.78, 5) is 26.4. The number of ether oxygens (including phenoxy) is 1. The minimum absolute atomic E-state index is 0.101. The summed E-state index contributed by atoms with van der Waals surface area (Å²) in [6, 6.07) is 7.59. The van der Waals surface area contributed by atoms with Crippen molar-refractivity contribution >= 4 is 22.9 Å². The molecular weight excluding hydrogens is 328 g/mol. The summed E-state index contributed by atoms with van der Waals surface area (Å²) in [5, 5.41) is 0.988. The summed E-state index contributed by atoms with van der Waals surface area (Å²) in [6.07, 6.45) is 8.81. The highest BCUT2D eigenvalue weighted by Gasteiger charge is 2.29. The molecule has 1 saturated heterocycles. The maximum Gasteiger partial charge on any atom is 0.419 e. The van der Waals surface area contributed by atoms with Crippen LogP contribution >= 0.6 is 0 Å². The first-order valence-corrected chi connectivity index (χ1v) is 8.88. The highest BCUT2D eigenvalue weighted by Crippen LogP contribution is 2.25. The molecule has 5 nitrogen and oxygen atoms in total. The first kappa shape index (κ1) is 18.1. The number of hydrogen-bond acceptors (Lipinski definition) is 3. The highest BCUT2D eigenvalue weighted by atomic mass is 16.6. The molecule has 1 atom stereocenters. The zero-order valence-corrected chi connectivity index (χ0v) is 15.5. The van der Waals surface area contributed by atoms with E-state index in [0.29, 0.717) is 19.4 Å². The molecule has 0 saturated carbocycles. The lowest BCUT2D eigenvalue weighted by Crippen LogP contribution is -2.33. The van der Waals surface area contributed by atoms with Crippen molar-refractivity contribution in [1.82, 2.24) is 9.47 Å². The SMILES string of the molecule is C#C[C@@H]1CCC(=O)N1CCc1cn(C(=O)OC(C)(C)C)c2ccccc12. The van der Waals surface area contributed by atoms with Crippen LogP contribution in [0.15, 0.2) is 30.5 Å². The third-order valence-electron chi connectivity index (χ3n) is 4.53. The Hall–Kier alpha value is -2.74. The average molecular weight is 352 g/mol. The Morgan fingerprint density at radius 3 is 2.77 bits per heavy atom. The van der Waals surface area contributed by atoms with Gasteiger partial charge in [0, 0.05) is 24.5 Å². The fourth-order valence-electron chi connectivity index (χ4n) is 3.34. The van der Waals surface area contributed by atoms with E-state index in [1.54, 1.807) is 9.47 Å². The van der Waals surface area contributed by atoms with Gasteiger partial charge in [0.05, 0.1) is 11.6 Å². The van der Waals surface area contributed by atoms with E-state index in [1.165, 1.54) is 0 Å². The molecule has 1 aromatic carbocycles. The number of rotatable bonds is 3. The van der Waals surface area contributed by atoms with E-state index in [-0.39, 0.29) is 11.9 Å². The van der Waals surface area contributed by atoms with Crippen LogP contribution in [0.4, 0.5) is 4.79 Å². The van der Waals surface area contributed by atoms with Crippen LogP contribution in [0.1, 0.15) is 39.2 Å². The Bertz CT molecular complexity index is 883. The van der Waals surface area contributed by atoms with Gasteiger partial charge in [0.15, 0.2) is 0 Å². The Morgan fingerprint density at radius 1 is 1.35 bits per heavy atom. The minimum atomic E-state index is -0.565. The monoisotopic (exact) mass is 352 g/mol. The quantitative estimate of drug-likeness (QED) is 0.793. The molecule has 1 aromatic heterocycles. The molecule has 26 heavy (non-hydrogen) atoms. The molecule has 0 bridgehead atoms. The summed E-state index contributed by atoms with van der Waals surface area (Å²) in [7, 11) is 0. The number of benzene rings is 1. The first-order valence-electron chi connectivity index (χ1n) is 8.88. The number of aromatic nitrogens is 1. The molecule has 1 amide bonds. The Kier molecular flexibility index (Phi) is 4.78. The number of carbonyl (C=O) groups excluding carboxylic acids is 2. The maximum atomic E-state index is 12.5. The number of amides is 1. The van der Waals surface area contributed by atoms with Crippen LogP contribution in [0.3, 0.4) is 0 Å². The zero-order valence-electron chi connectivity index (χ0n) is 15.5. The van der Waals surface area contributed by atoms with Crippen LogP contribution in [0.2, 0.25) is 0 Å². The number of carbonyl (C=O) groups is 2. The number of hydrogen-bond donors (Lipinski definition) is 0. The summed E-state index contributed by atoms with van der Waals surface area (Å²) >= 11 is 0. The molecule has 136 valence electrons. The number of likely N-dealkylation sites (tertiary alicyclic amines) is 1. The average Bonchev–Trinajstić information content (AvgIpc) is 3.12. The van der Waals surface area contributed by atoms with Crippen molar-refractivity contribution in [2.75, 3.05) is 6.54 Å². The van der Waals surface area contributed by atoms with Gasteiger partial charge in [0.1, 0.15) is 5.60 Å². The van der Waals surface area contributed by atoms with E-state index in [4.69, 9.17) is 11.2 Å². The van der Waals surface area contributed by atoms with E-state index >= 15 is 0 Å². The Morgan fingerprint density at radius 2 is 2.08 bits per heavy atom. The second-order valence-corrected chi connectivity index (χ2v) is 7.58. The fraction of sp³-hybridized carbons (Fsp3) is 0.429. The third-order valence-corrected chi connectivity index (χ3v) is 4.53. The molecule has 1 aliphatic heterocycles. The van der Waals surface area contributed by atoms with E-state index in [1.807, 2.05) is 51.2 Å². The predicted molar refractivity (Wildman–Crippen MR) is 101 cm³/mol. The summed E-state index contributed by atoms with van der Waals surface area (Å²) in [6.45, 7) is 6.08. The molecule has 1 fully saturated rings. The lowest BCUT2D eigenvalue weighted by Gasteiger charge is -2.20. The van der Waals surface area contributed by atoms with Gasteiger partial charge in [-0.25, -0.2) is 4.79 Å². The molecule has 0 N–H and O–H groups in total. The van der Waals surface area contributed by atoms with Crippen LogP contribution in [0.5, 0.6) is 0 Å². The van der Waals surface area contributed by atoms with Crippen molar-refractivity contribution in [2.45, 2.75) is 51.7 Å². The first-order chi connectivity index (χ1) is 12.3. The summed E-state index contributed by atoms with van der Waals surface area (Å²) in [5.41, 5.74) is 1.24. The van der Waals surface area contributed by atoms with Gasteiger partial charge in [-0.2, -0.15) is 0 Å². The van der Waals surface area contributed by atoms with E-state index in [2.05, 4.69) is 5.92 Å². The maximum absolute atomic E-state index is 12.5. The van der Waals surface area contributed by atoms with E-state index in [9.17, 15) is 9.59 Å². The van der Waals surface area contributed by atoms with E-state index < -0.39 is 11.7 Å². The molecule has 5 heteroatoms. The fourth-order valence-corrected chi connectivity index (χ4v) is 3.34.